The molecule has 3 heterocycles. The highest BCUT2D eigenvalue weighted by Gasteiger charge is 2.13. The van der Waals surface area contributed by atoms with E-state index in [1.807, 2.05) is 6.92 Å². The summed E-state index contributed by atoms with van der Waals surface area (Å²) in [6.45, 7) is 3.81. The number of alkyl halides is 1. The van der Waals surface area contributed by atoms with Gasteiger partial charge in [-0.2, -0.15) is 5.10 Å². The monoisotopic (exact) mass is 343 g/mol. The van der Waals surface area contributed by atoms with Crippen molar-refractivity contribution in [2.75, 3.05) is 6.61 Å². The van der Waals surface area contributed by atoms with E-state index >= 15 is 0 Å². The van der Waals surface area contributed by atoms with Gasteiger partial charge in [-0.1, -0.05) is 6.92 Å². The summed E-state index contributed by atoms with van der Waals surface area (Å²) in [5, 5.41) is 4.24. The number of rotatable bonds is 7. The number of hydrogen-bond acceptors (Lipinski definition) is 5. The van der Waals surface area contributed by atoms with Gasteiger partial charge < -0.3 is 10.5 Å². The van der Waals surface area contributed by atoms with Crippen LogP contribution in [0.3, 0.4) is 0 Å². The van der Waals surface area contributed by atoms with Gasteiger partial charge >= 0.3 is 0 Å². The minimum Gasteiger partial charge on any atom is -0.491 e. The molecule has 6 nitrogen and oxygen atoms in total. The number of ether oxygens (including phenoxy) is 1. The van der Waals surface area contributed by atoms with Crippen LogP contribution >= 0.6 is 0 Å². The fourth-order valence-corrected chi connectivity index (χ4v) is 2.82. The minimum atomic E-state index is -0.696. The Balaban J connectivity index is 1.83. The number of halogens is 1. The molecule has 0 bridgehead atoms. The number of hydrogen-bond donors (Lipinski definition) is 1. The molecule has 0 aliphatic rings. The van der Waals surface area contributed by atoms with Gasteiger partial charge in [0, 0.05) is 18.3 Å². The van der Waals surface area contributed by atoms with Crippen molar-refractivity contribution in [1.29, 1.82) is 0 Å². The standard InChI is InChI=1S/C18H22FN5O/c1-12(9-13(2)20)11-25-17-4-3-14(23-15(17)10-19)16-5-7-21-18-6-8-22-24(16)18/h3-8,12-13H,9-11,20H2,1-2H3. The van der Waals surface area contributed by atoms with E-state index in [0.29, 0.717) is 23.7 Å². The van der Waals surface area contributed by atoms with E-state index < -0.39 is 6.67 Å². The van der Waals surface area contributed by atoms with Crippen molar-refractivity contribution < 1.29 is 9.13 Å². The van der Waals surface area contributed by atoms with Crippen molar-refractivity contribution in [2.45, 2.75) is 33.0 Å². The minimum absolute atomic E-state index is 0.114. The average molecular weight is 343 g/mol. The van der Waals surface area contributed by atoms with Crippen LogP contribution in [0.4, 0.5) is 4.39 Å². The quantitative estimate of drug-likeness (QED) is 0.713. The lowest BCUT2D eigenvalue weighted by atomic mass is 10.0. The molecule has 0 aliphatic heterocycles. The number of aromatic nitrogens is 4. The third-order valence-corrected chi connectivity index (χ3v) is 3.91. The Hall–Kier alpha value is -2.54. The molecule has 2 unspecified atom stereocenters. The summed E-state index contributed by atoms with van der Waals surface area (Å²) >= 11 is 0. The summed E-state index contributed by atoms with van der Waals surface area (Å²) in [5.74, 6) is 0.754. The normalized spacial score (nSPS) is 13.8. The molecule has 0 saturated carbocycles. The first kappa shape index (κ1) is 17.3. The summed E-state index contributed by atoms with van der Waals surface area (Å²) in [7, 11) is 0. The third-order valence-electron chi connectivity index (χ3n) is 3.91. The summed E-state index contributed by atoms with van der Waals surface area (Å²) in [4.78, 5) is 8.64. The van der Waals surface area contributed by atoms with Gasteiger partial charge in [0.25, 0.3) is 0 Å². The second-order valence-corrected chi connectivity index (χ2v) is 6.34. The Kier molecular flexibility index (Phi) is 5.23. The zero-order chi connectivity index (χ0) is 17.8. The van der Waals surface area contributed by atoms with Gasteiger partial charge in [0.15, 0.2) is 5.65 Å². The number of nitrogens with zero attached hydrogens (tertiary/aromatic N) is 4. The molecule has 3 rings (SSSR count). The Labute approximate surface area is 145 Å². The van der Waals surface area contributed by atoms with E-state index in [1.54, 1.807) is 41.2 Å². The summed E-state index contributed by atoms with van der Waals surface area (Å²) < 4.78 is 20.9. The van der Waals surface area contributed by atoms with Gasteiger partial charge in [-0.15, -0.1) is 0 Å². The van der Waals surface area contributed by atoms with Crippen molar-refractivity contribution in [2.24, 2.45) is 11.7 Å². The lowest BCUT2D eigenvalue weighted by molar-refractivity contribution is 0.241. The SMILES string of the molecule is CC(N)CC(C)COc1ccc(-c2ccnc3ccnn23)nc1CF. The number of pyridine rings is 1. The highest BCUT2D eigenvalue weighted by atomic mass is 19.1. The first-order chi connectivity index (χ1) is 12.1. The Morgan fingerprint density at radius 1 is 1.20 bits per heavy atom. The van der Waals surface area contributed by atoms with E-state index in [-0.39, 0.29) is 17.7 Å². The summed E-state index contributed by atoms with van der Waals surface area (Å²) in [6, 6.07) is 7.28. The van der Waals surface area contributed by atoms with Crippen LogP contribution in [-0.2, 0) is 6.67 Å². The Morgan fingerprint density at radius 3 is 2.80 bits per heavy atom. The fraction of sp³-hybridized carbons (Fsp3) is 0.389. The predicted octanol–water partition coefficient (Wildman–Crippen LogP) is 3.01. The van der Waals surface area contributed by atoms with Crippen molar-refractivity contribution in [3.05, 3.63) is 42.4 Å². The predicted molar refractivity (Wildman–Crippen MR) is 94.0 cm³/mol. The van der Waals surface area contributed by atoms with Crippen LogP contribution in [-0.4, -0.2) is 32.2 Å². The summed E-state index contributed by atoms with van der Waals surface area (Å²) in [5.41, 5.74) is 8.17. The molecular formula is C18H22FN5O. The third kappa shape index (κ3) is 3.93. The molecule has 7 heteroatoms. The highest BCUT2D eigenvalue weighted by molar-refractivity contribution is 5.59. The average Bonchev–Trinajstić information content (AvgIpc) is 3.08. The molecule has 132 valence electrons. The van der Waals surface area contributed by atoms with Crippen molar-refractivity contribution >= 4 is 5.65 Å². The topological polar surface area (TPSA) is 78.3 Å². The molecule has 2 N–H and O–H groups in total. The largest absolute Gasteiger partial charge is 0.491 e. The molecular weight excluding hydrogens is 321 g/mol. The molecule has 2 atom stereocenters. The molecule has 0 spiro atoms. The highest BCUT2D eigenvalue weighted by Crippen LogP contribution is 2.25. The van der Waals surface area contributed by atoms with Gasteiger partial charge in [0.2, 0.25) is 0 Å². The van der Waals surface area contributed by atoms with Crippen LogP contribution in [0.15, 0.2) is 36.7 Å². The van der Waals surface area contributed by atoms with Crippen LogP contribution in [0.25, 0.3) is 17.0 Å². The zero-order valence-corrected chi connectivity index (χ0v) is 14.4. The second kappa shape index (κ2) is 7.57. The first-order valence-corrected chi connectivity index (χ1v) is 8.32. The molecule has 3 aromatic heterocycles. The van der Waals surface area contributed by atoms with Gasteiger partial charge in [-0.25, -0.2) is 18.9 Å². The van der Waals surface area contributed by atoms with Crippen molar-refractivity contribution in [1.82, 2.24) is 19.6 Å². The van der Waals surface area contributed by atoms with E-state index in [9.17, 15) is 4.39 Å². The van der Waals surface area contributed by atoms with Gasteiger partial charge in [-0.3, -0.25) is 0 Å². The lowest BCUT2D eigenvalue weighted by Gasteiger charge is -2.16. The summed E-state index contributed by atoms with van der Waals surface area (Å²) in [6.07, 6.45) is 4.20. The van der Waals surface area contributed by atoms with Crippen LogP contribution in [0.2, 0.25) is 0 Å². The molecule has 0 radical (unpaired) electrons. The van der Waals surface area contributed by atoms with Crippen LogP contribution < -0.4 is 10.5 Å². The molecule has 0 fully saturated rings. The van der Waals surface area contributed by atoms with Crippen LogP contribution in [0.1, 0.15) is 26.0 Å². The molecule has 0 amide bonds. The Morgan fingerprint density at radius 2 is 2.04 bits per heavy atom. The van der Waals surface area contributed by atoms with Gasteiger partial charge in [0.1, 0.15) is 18.1 Å². The van der Waals surface area contributed by atoms with Gasteiger partial charge in [0.05, 0.1) is 24.2 Å². The van der Waals surface area contributed by atoms with Crippen molar-refractivity contribution in [3.63, 3.8) is 0 Å². The van der Waals surface area contributed by atoms with Gasteiger partial charge in [-0.05, 0) is 37.5 Å². The Bertz CT molecular complexity index is 848. The van der Waals surface area contributed by atoms with E-state index in [1.165, 1.54) is 0 Å². The van der Waals surface area contributed by atoms with E-state index in [2.05, 4.69) is 22.0 Å². The van der Waals surface area contributed by atoms with Crippen molar-refractivity contribution in [3.8, 4) is 17.1 Å². The van der Waals surface area contributed by atoms with Crippen LogP contribution in [0, 0.1) is 5.92 Å². The smallest absolute Gasteiger partial charge is 0.155 e. The molecule has 0 aliphatic carbocycles. The lowest BCUT2D eigenvalue weighted by Crippen LogP contribution is -2.21. The van der Waals surface area contributed by atoms with Crippen LogP contribution in [0.5, 0.6) is 5.75 Å². The molecule has 0 saturated heterocycles. The first-order valence-electron chi connectivity index (χ1n) is 8.32. The fourth-order valence-electron chi connectivity index (χ4n) is 2.82. The molecule has 25 heavy (non-hydrogen) atoms. The number of fused-ring (bicyclic) bond motifs is 1. The van der Waals surface area contributed by atoms with E-state index in [0.717, 1.165) is 12.1 Å². The zero-order valence-electron chi connectivity index (χ0n) is 14.4. The molecule has 3 aromatic rings. The maximum atomic E-state index is 13.5. The second-order valence-electron chi connectivity index (χ2n) is 6.34. The van der Waals surface area contributed by atoms with E-state index in [4.69, 9.17) is 10.5 Å². The maximum Gasteiger partial charge on any atom is 0.155 e. The maximum absolute atomic E-state index is 13.5. The molecule has 0 aromatic carbocycles. The number of nitrogens with two attached hydrogens (primary N) is 1.